The summed E-state index contributed by atoms with van der Waals surface area (Å²) in [5, 5.41) is 0. The molecule has 1 saturated carbocycles. The maximum absolute atomic E-state index is 11.7. The summed E-state index contributed by atoms with van der Waals surface area (Å²) in [6.45, 7) is 0.477. The van der Waals surface area contributed by atoms with Crippen molar-refractivity contribution in [3.8, 4) is 0 Å². The van der Waals surface area contributed by atoms with Gasteiger partial charge in [-0.3, -0.25) is 0 Å². The Kier molecular flexibility index (Phi) is 5.41. The van der Waals surface area contributed by atoms with E-state index >= 15 is 0 Å². The number of benzene rings is 1. The number of hydrogen-bond donors (Lipinski definition) is 2. The van der Waals surface area contributed by atoms with Crippen LogP contribution in [0.1, 0.15) is 48.9 Å². The van der Waals surface area contributed by atoms with E-state index in [4.69, 9.17) is 16.2 Å². The Morgan fingerprint density at radius 1 is 1.20 bits per heavy atom. The molecule has 0 radical (unpaired) electrons. The number of carbonyl (C=O) groups is 1. The molecule has 0 amide bonds. The number of rotatable bonds is 6. The fraction of sp³-hybridized carbons (Fsp3) is 0.562. The molecular formula is C16H24N2O2. The average molecular weight is 276 g/mol. The van der Waals surface area contributed by atoms with Crippen molar-refractivity contribution >= 4 is 11.7 Å². The quantitative estimate of drug-likeness (QED) is 0.476. The summed E-state index contributed by atoms with van der Waals surface area (Å²) in [5.74, 6) is 0.394. The third kappa shape index (κ3) is 4.23. The van der Waals surface area contributed by atoms with Crippen LogP contribution in [0.25, 0.3) is 0 Å². The minimum atomic E-state index is -0.275. The molecule has 0 spiro atoms. The minimum Gasteiger partial charge on any atom is -0.462 e. The second-order valence-electron chi connectivity index (χ2n) is 5.61. The maximum atomic E-state index is 11.7. The van der Waals surface area contributed by atoms with Crippen molar-refractivity contribution in [1.29, 1.82) is 0 Å². The summed E-state index contributed by atoms with van der Waals surface area (Å²) >= 11 is 0. The summed E-state index contributed by atoms with van der Waals surface area (Å²) in [4.78, 5) is 11.7. The van der Waals surface area contributed by atoms with Crippen LogP contribution < -0.4 is 11.5 Å². The lowest BCUT2D eigenvalue weighted by atomic mass is 9.97. The van der Waals surface area contributed by atoms with Crippen molar-refractivity contribution in [2.45, 2.75) is 44.6 Å². The molecule has 0 aliphatic heterocycles. The third-order valence-electron chi connectivity index (χ3n) is 4.07. The summed E-state index contributed by atoms with van der Waals surface area (Å²) in [7, 11) is 0. The van der Waals surface area contributed by atoms with Crippen LogP contribution in [0, 0.1) is 5.92 Å². The fourth-order valence-corrected chi connectivity index (χ4v) is 2.80. The third-order valence-corrected chi connectivity index (χ3v) is 4.07. The standard InChI is InChI=1S/C16H24N2O2/c17-14-9-7-13(8-10-14)16(19)20-11-2-1-4-12-5-3-6-15(12)18/h7-10,12,15H,1-6,11,17-18H2. The number of unbranched alkanes of at least 4 members (excludes halogenated alkanes) is 1. The van der Waals surface area contributed by atoms with Crippen LogP contribution in [0.3, 0.4) is 0 Å². The van der Waals surface area contributed by atoms with E-state index in [1.165, 1.54) is 12.8 Å². The minimum absolute atomic E-state index is 0.275. The monoisotopic (exact) mass is 276 g/mol. The Morgan fingerprint density at radius 2 is 1.95 bits per heavy atom. The molecule has 4 heteroatoms. The van der Waals surface area contributed by atoms with Crippen LogP contribution in [0.4, 0.5) is 5.69 Å². The predicted octanol–water partition coefficient (Wildman–Crippen LogP) is 2.72. The van der Waals surface area contributed by atoms with Crippen molar-refractivity contribution < 1.29 is 9.53 Å². The molecule has 4 N–H and O–H groups in total. The van der Waals surface area contributed by atoms with Gasteiger partial charge in [-0.15, -0.1) is 0 Å². The zero-order valence-electron chi connectivity index (χ0n) is 11.9. The number of hydrogen-bond acceptors (Lipinski definition) is 4. The predicted molar refractivity (Wildman–Crippen MR) is 80.3 cm³/mol. The number of ether oxygens (including phenoxy) is 1. The second-order valence-corrected chi connectivity index (χ2v) is 5.61. The lowest BCUT2D eigenvalue weighted by molar-refractivity contribution is 0.0496. The van der Waals surface area contributed by atoms with Crippen LogP contribution in [-0.4, -0.2) is 18.6 Å². The lowest BCUT2D eigenvalue weighted by Gasteiger charge is -2.14. The van der Waals surface area contributed by atoms with Gasteiger partial charge in [0, 0.05) is 11.7 Å². The normalized spacial score (nSPS) is 21.9. The molecule has 1 aromatic carbocycles. The van der Waals surface area contributed by atoms with Gasteiger partial charge in [0.25, 0.3) is 0 Å². The molecule has 1 aliphatic carbocycles. The first-order chi connectivity index (χ1) is 9.66. The molecule has 2 rings (SSSR count). The van der Waals surface area contributed by atoms with Crippen molar-refractivity contribution in [2.24, 2.45) is 11.7 Å². The largest absolute Gasteiger partial charge is 0.462 e. The fourth-order valence-electron chi connectivity index (χ4n) is 2.80. The van der Waals surface area contributed by atoms with E-state index in [1.54, 1.807) is 24.3 Å². The van der Waals surface area contributed by atoms with Gasteiger partial charge in [0.05, 0.1) is 12.2 Å². The zero-order chi connectivity index (χ0) is 14.4. The number of anilines is 1. The first-order valence-electron chi connectivity index (χ1n) is 7.45. The molecule has 0 saturated heterocycles. The van der Waals surface area contributed by atoms with Crippen LogP contribution in [0.5, 0.6) is 0 Å². The molecule has 0 aromatic heterocycles. The van der Waals surface area contributed by atoms with E-state index in [0.717, 1.165) is 25.7 Å². The van der Waals surface area contributed by atoms with Gasteiger partial charge in [-0.2, -0.15) is 0 Å². The first kappa shape index (κ1) is 14.9. The molecular weight excluding hydrogens is 252 g/mol. The molecule has 0 heterocycles. The Labute approximate surface area is 120 Å². The Bertz CT molecular complexity index is 431. The van der Waals surface area contributed by atoms with Gasteiger partial charge in [0.2, 0.25) is 0 Å². The number of carbonyl (C=O) groups excluding carboxylic acids is 1. The van der Waals surface area contributed by atoms with Crippen molar-refractivity contribution in [1.82, 2.24) is 0 Å². The van der Waals surface area contributed by atoms with Gasteiger partial charge in [-0.25, -0.2) is 4.79 Å². The molecule has 2 atom stereocenters. The van der Waals surface area contributed by atoms with Gasteiger partial charge in [-0.05, 0) is 62.3 Å². The van der Waals surface area contributed by atoms with E-state index < -0.39 is 0 Å². The molecule has 20 heavy (non-hydrogen) atoms. The smallest absolute Gasteiger partial charge is 0.338 e. The van der Waals surface area contributed by atoms with E-state index in [1.807, 2.05) is 0 Å². The molecule has 2 unspecified atom stereocenters. The summed E-state index contributed by atoms with van der Waals surface area (Å²) in [6, 6.07) is 7.17. The van der Waals surface area contributed by atoms with Crippen molar-refractivity contribution in [2.75, 3.05) is 12.3 Å². The van der Waals surface area contributed by atoms with Gasteiger partial charge in [0.1, 0.15) is 0 Å². The molecule has 1 fully saturated rings. The van der Waals surface area contributed by atoms with Crippen molar-refractivity contribution in [3.63, 3.8) is 0 Å². The number of esters is 1. The highest BCUT2D eigenvalue weighted by atomic mass is 16.5. The van der Waals surface area contributed by atoms with E-state index in [0.29, 0.717) is 29.8 Å². The van der Waals surface area contributed by atoms with Crippen LogP contribution in [-0.2, 0) is 4.74 Å². The molecule has 4 nitrogen and oxygen atoms in total. The lowest BCUT2D eigenvalue weighted by Crippen LogP contribution is -2.24. The van der Waals surface area contributed by atoms with Gasteiger partial charge < -0.3 is 16.2 Å². The Balaban J connectivity index is 1.61. The average Bonchev–Trinajstić information content (AvgIpc) is 2.84. The van der Waals surface area contributed by atoms with Gasteiger partial charge in [0.15, 0.2) is 0 Å². The SMILES string of the molecule is Nc1ccc(C(=O)OCCCCC2CCCC2N)cc1. The Hall–Kier alpha value is -1.55. The van der Waals surface area contributed by atoms with Crippen LogP contribution in [0.15, 0.2) is 24.3 Å². The second kappa shape index (κ2) is 7.29. The highest BCUT2D eigenvalue weighted by Gasteiger charge is 2.22. The number of nitrogens with two attached hydrogens (primary N) is 2. The topological polar surface area (TPSA) is 78.3 Å². The molecule has 0 bridgehead atoms. The van der Waals surface area contributed by atoms with E-state index in [2.05, 4.69) is 0 Å². The van der Waals surface area contributed by atoms with E-state index in [-0.39, 0.29) is 5.97 Å². The summed E-state index contributed by atoms with van der Waals surface area (Å²) < 4.78 is 5.25. The Morgan fingerprint density at radius 3 is 2.60 bits per heavy atom. The van der Waals surface area contributed by atoms with E-state index in [9.17, 15) is 4.79 Å². The molecule has 1 aliphatic rings. The van der Waals surface area contributed by atoms with Gasteiger partial charge >= 0.3 is 5.97 Å². The van der Waals surface area contributed by atoms with Crippen molar-refractivity contribution in [3.05, 3.63) is 29.8 Å². The highest BCUT2D eigenvalue weighted by molar-refractivity contribution is 5.89. The van der Waals surface area contributed by atoms with Gasteiger partial charge in [-0.1, -0.05) is 6.42 Å². The maximum Gasteiger partial charge on any atom is 0.338 e. The first-order valence-corrected chi connectivity index (χ1v) is 7.45. The highest BCUT2D eigenvalue weighted by Crippen LogP contribution is 2.28. The summed E-state index contributed by atoms with van der Waals surface area (Å²) in [5.41, 5.74) is 12.8. The molecule has 1 aromatic rings. The zero-order valence-corrected chi connectivity index (χ0v) is 11.9. The molecule has 110 valence electrons. The summed E-state index contributed by atoms with van der Waals surface area (Å²) in [6.07, 6.45) is 6.82. The van der Waals surface area contributed by atoms with Crippen LogP contribution >= 0.6 is 0 Å². The van der Waals surface area contributed by atoms with Crippen LogP contribution in [0.2, 0.25) is 0 Å². The number of nitrogen functional groups attached to an aromatic ring is 1.